The Kier molecular flexibility index (Phi) is 7.39. The number of ether oxygens (including phenoxy) is 1. The van der Waals surface area contributed by atoms with Crippen LogP contribution in [0.1, 0.15) is 36.5 Å². The van der Waals surface area contributed by atoms with Crippen molar-refractivity contribution in [3.05, 3.63) is 66.4 Å². The van der Waals surface area contributed by atoms with Gasteiger partial charge in [0, 0.05) is 30.0 Å². The fraction of sp³-hybridized carbons (Fsp3) is 0.320. The summed E-state index contributed by atoms with van der Waals surface area (Å²) in [4.78, 5) is 28.4. The van der Waals surface area contributed by atoms with Gasteiger partial charge in [-0.25, -0.2) is 4.98 Å². The van der Waals surface area contributed by atoms with Gasteiger partial charge < -0.3 is 14.6 Å². The molecule has 0 radical (unpaired) electrons. The number of anilines is 1. The van der Waals surface area contributed by atoms with Gasteiger partial charge in [0.2, 0.25) is 5.91 Å². The number of rotatable bonds is 9. The fourth-order valence-corrected chi connectivity index (χ4v) is 4.65. The molecule has 6 nitrogen and oxygen atoms in total. The second-order valence-corrected chi connectivity index (χ2v) is 8.88. The van der Waals surface area contributed by atoms with Crippen molar-refractivity contribution in [3.8, 4) is 11.3 Å². The largest absolute Gasteiger partial charge is 0.376 e. The number of imidazole rings is 1. The Balaban J connectivity index is 1.38. The third-order valence-corrected chi connectivity index (χ3v) is 6.43. The first-order valence-corrected chi connectivity index (χ1v) is 11.8. The van der Waals surface area contributed by atoms with Crippen LogP contribution in [-0.4, -0.2) is 39.7 Å². The SMILES string of the molecule is CC(=O)c1ccc(NC(=O)CCSc2ncc(-c3ccccc3)n2CC2CCCO2)cc1. The van der Waals surface area contributed by atoms with Crippen LogP contribution < -0.4 is 5.32 Å². The zero-order valence-electron chi connectivity index (χ0n) is 18.1. The summed E-state index contributed by atoms with van der Waals surface area (Å²) in [6.45, 7) is 3.11. The molecule has 1 fully saturated rings. The van der Waals surface area contributed by atoms with Crippen LogP contribution in [0.4, 0.5) is 5.69 Å². The first kappa shape index (κ1) is 22.3. The molecule has 4 rings (SSSR count). The second kappa shape index (κ2) is 10.6. The molecule has 1 amide bonds. The van der Waals surface area contributed by atoms with E-state index in [1.807, 2.05) is 24.4 Å². The van der Waals surface area contributed by atoms with E-state index in [-0.39, 0.29) is 17.8 Å². The Hall–Kier alpha value is -2.90. The van der Waals surface area contributed by atoms with E-state index < -0.39 is 0 Å². The number of nitrogens with zero attached hydrogens (tertiary/aromatic N) is 2. The standard InChI is InChI=1S/C25H27N3O3S/c1-18(29)19-9-11-21(12-10-19)27-24(30)13-15-32-25-26-16-23(20-6-3-2-4-7-20)28(25)17-22-8-5-14-31-22/h2-4,6-7,9-12,16,22H,5,8,13-15,17H2,1H3,(H,27,30). The van der Waals surface area contributed by atoms with E-state index in [0.717, 1.165) is 42.4 Å². The van der Waals surface area contributed by atoms with Crippen LogP contribution >= 0.6 is 11.8 Å². The van der Waals surface area contributed by atoms with Crippen molar-refractivity contribution >= 4 is 29.1 Å². The van der Waals surface area contributed by atoms with Crippen LogP contribution in [0.2, 0.25) is 0 Å². The van der Waals surface area contributed by atoms with Crippen LogP contribution in [0.15, 0.2) is 66.0 Å². The zero-order chi connectivity index (χ0) is 22.3. The van der Waals surface area contributed by atoms with Crippen LogP contribution in [0.25, 0.3) is 11.3 Å². The number of carbonyl (C=O) groups is 2. The third-order valence-electron chi connectivity index (χ3n) is 5.43. The summed E-state index contributed by atoms with van der Waals surface area (Å²) >= 11 is 1.58. The highest BCUT2D eigenvalue weighted by molar-refractivity contribution is 7.99. The van der Waals surface area contributed by atoms with Gasteiger partial charge in [-0.15, -0.1) is 0 Å². The molecule has 0 spiro atoms. The van der Waals surface area contributed by atoms with E-state index in [9.17, 15) is 9.59 Å². The maximum atomic E-state index is 12.4. The highest BCUT2D eigenvalue weighted by atomic mass is 32.2. The number of carbonyl (C=O) groups excluding carboxylic acids is 2. The molecule has 3 aromatic rings. The summed E-state index contributed by atoms with van der Waals surface area (Å²) in [6, 6.07) is 17.2. The number of aromatic nitrogens is 2. The Morgan fingerprint density at radius 2 is 1.94 bits per heavy atom. The molecule has 1 aliphatic heterocycles. The van der Waals surface area contributed by atoms with E-state index in [0.29, 0.717) is 23.4 Å². The summed E-state index contributed by atoms with van der Waals surface area (Å²) in [7, 11) is 0. The number of benzene rings is 2. The van der Waals surface area contributed by atoms with Crippen LogP contribution in [-0.2, 0) is 16.1 Å². The molecule has 7 heteroatoms. The summed E-state index contributed by atoms with van der Waals surface area (Å²) in [6.07, 6.45) is 4.63. The van der Waals surface area contributed by atoms with Crippen molar-refractivity contribution in [2.45, 2.75) is 44.0 Å². The smallest absolute Gasteiger partial charge is 0.225 e. The monoisotopic (exact) mass is 449 g/mol. The number of Topliss-reactive ketones (excluding diaryl/α,β-unsaturated/α-hetero) is 1. The van der Waals surface area contributed by atoms with Gasteiger partial charge in [-0.05, 0) is 49.6 Å². The van der Waals surface area contributed by atoms with E-state index in [1.165, 1.54) is 6.92 Å². The molecule has 2 aromatic carbocycles. The number of ketones is 1. The Labute approximate surface area is 192 Å². The van der Waals surface area contributed by atoms with E-state index in [2.05, 4.69) is 27.0 Å². The molecule has 1 aliphatic rings. The van der Waals surface area contributed by atoms with Gasteiger partial charge in [0.25, 0.3) is 0 Å². The maximum Gasteiger partial charge on any atom is 0.225 e. The van der Waals surface area contributed by atoms with E-state index >= 15 is 0 Å². The number of hydrogen-bond donors (Lipinski definition) is 1. The maximum absolute atomic E-state index is 12.4. The Bertz CT molecular complexity index is 1060. The van der Waals surface area contributed by atoms with Crippen molar-refractivity contribution in [1.82, 2.24) is 9.55 Å². The molecule has 166 valence electrons. The van der Waals surface area contributed by atoms with Gasteiger partial charge in [-0.1, -0.05) is 42.1 Å². The number of nitrogens with one attached hydrogen (secondary N) is 1. The average molecular weight is 450 g/mol. The third kappa shape index (κ3) is 5.66. The molecule has 0 aliphatic carbocycles. The molecule has 1 unspecified atom stereocenters. The van der Waals surface area contributed by atoms with Crippen molar-refractivity contribution in [2.75, 3.05) is 17.7 Å². The van der Waals surface area contributed by atoms with Gasteiger partial charge in [-0.3, -0.25) is 9.59 Å². The van der Waals surface area contributed by atoms with Crippen molar-refractivity contribution in [1.29, 1.82) is 0 Å². The predicted octanol–water partition coefficient (Wildman–Crippen LogP) is 5.05. The number of amides is 1. The lowest BCUT2D eigenvalue weighted by Crippen LogP contribution is -2.17. The van der Waals surface area contributed by atoms with E-state index in [4.69, 9.17) is 4.74 Å². The van der Waals surface area contributed by atoms with Crippen molar-refractivity contribution in [2.24, 2.45) is 0 Å². The minimum atomic E-state index is -0.0615. The Morgan fingerprint density at radius 3 is 2.62 bits per heavy atom. The summed E-state index contributed by atoms with van der Waals surface area (Å²) in [5, 5.41) is 3.79. The van der Waals surface area contributed by atoms with Crippen LogP contribution in [0, 0.1) is 0 Å². The number of hydrogen-bond acceptors (Lipinski definition) is 5. The average Bonchev–Trinajstić information content (AvgIpc) is 3.45. The molecule has 2 heterocycles. The van der Waals surface area contributed by atoms with Gasteiger partial charge in [0.15, 0.2) is 10.9 Å². The van der Waals surface area contributed by atoms with Crippen molar-refractivity contribution < 1.29 is 14.3 Å². The lowest BCUT2D eigenvalue weighted by molar-refractivity contribution is -0.115. The van der Waals surface area contributed by atoms with Crippen molar-refractivity contribution in [3.63, 3.8) is 0 Å². The molecule has 0 bridgehead atoms. The van der Waals surface area contributed by atoms with Crippen LogP contribution in [0.3, 0.4) is 0 Å². The molecule has 32 heavy (non-hydrogen) atoms. The predicted molar refractivity (Wildman–Crippen MR) is 127 cm³/mol. The van der Waals surface area contributed by atoms with Gasteiger partial charge in [0.05, 0.1) is 24.5 Å². The van der Waals surface area contributed by atoms with Gasteiger partial charge >= 0.3 is 0 Å². The lowest BCUT2D eigenvalue weighted by atomic mass is 10.1. The van der Waals surface area contributed by atoms with Gasteiger partial charge in [-0.2, -0.15) is 0 Å². The lowest BCUT2D eigenvalue weighted by Gasteiger charge is -2.16. The molecule has 1 atom stereocenters. The zero-order valence-corrected chi connectivity index (χ0v) is 18.9. The number of thioether (sulfide) groups is 1. The minimum Gasteiger partial charge on any atom is -0.376 e. The Morgan fingerprint density at radius 1 is 1.16 bits per heavy atom. The second-order valence-electron chi connectivity index (χ2n) is 7.82. The highest BCUT2D eigenvalue weighted by Crippen LogP contribution is 2.28. The fourth-order valence-electron chi connectivity index (χ4n) is 3.73. The van der Waals surface area contributed by atoms with E-state index in [1.54, 1.807) is 36.0 Å². The molecule has 0 saturated carbocycles. The molecule has 1 saturated heterocycles. The quantitative estimate of drug-likeness (QED) is 0.365. The molecule has 1 aromatic heterocycles. The van der Waals surface area contributed by atoms with Crippen LogP contribution in [0.5, 0.6) is 0 Å². The summed E-state index contributed by atoms with van der Waals surface area (Å²) < 4.78 is 8.08. The topological polar surface area (TPSA) is 73.2 Å². The highest BCUT2D eigenvalue weighted by Gasteiger charge is 2.20. The first-order valence-electron chi connectivity index (χ1n) is 10.9. The van der Waals surface area contributed by atoms with Gasteiger partial charge in [0.1, 0.15) is 0 Å². The molecular formula is C25H27N3O3S. The normalized spacial score (nSPS) is 15.6. The first-order chi connectivity index (χ1) is 15.6. The molecular weight excluding hydrogens is 422 g/mol. The summed E-state index contributed by atoms with van der Waals surface area (Å²) in [5.41, 5.74) is 3.51. The summed E-state index contributed by atoms with van der Waals surface area (Å²) in [5.74, 6) is 0.565. The minimum absolute atomic E-state index is 0.00709. The molecule has 1 N–H and O–H groups in total.